The molecule has 0 aromatic heterocycles. The van der Waals surface area contributed by atoms with Gasteiger partial charge >= 0.3 is 0 Å². The van der Waals surface area contributed by atoms with E-state index >= 15 is 0 Å². The number of nitrogens with zero attached hydrogens (tertiary/aromatic N) is 4. The number of fused-ring (bicyclic) bond motifs is 3. The number of anilines is 4. The number of ether oxygens (including phenoxy) is 6. The van der Waals surface area contributed by atoms with Crippen molar-refractivity contribution in [2.24, 2.45) is 0 Å². The third-order valence-corrected chi connectivity index (χ3v) is 20.3. The number of thioether (sulfide) groups is 1. The van der Waals surface area contributed by atoms with Gasteiger partial charge in [-0.25, -0.2) is 0 Å². The lowest BCUT2D eigenvalue weighted by Crippen LogP contribution is -2.35. The van der Waals surface area contributed by atoms with Crippen LogP contribution >= 0.6 is 11.8 Å². The van der Waals surface area contributed by atoms with Crippen LogP contribution in [0.1, 0.15) is 66.8 Å². The Balaban J connectivity index is 1.29. The lowest BCUT2D eigenvalue weighted by atomic mass is 9.76. The Kier molecular flexibility index (Phi) is 20.3. The molecule has 12 aromatic rings. The summed E-state index contributed by atoms with van der Waals surface area (Å²) in [4.78, 5) is 8.61. The highest BCUT2D eigenvalue weighted by molar-refractivity contribution is 8.02. The third kappa shape index (κ3) is 14.4. The Hall–Kier alpha value is -11.0. The normalized spacial score (nSPS) is 12.6. The molecule has 1 aliphatic heterocycles. The molecule has 0 unspecified atom stereocenters. The Morgan fingerprint density at radius 3 is 0.657 bits per heavy atom. The average Bonchev–Trinajstić information content (AvgIpc) is 1.55. The quantitative estimate of drug-likeness (QED) is 0.0521. The fourth-order valence-corrected chi connectivity index (χ4v) is 15.0. The smallest absolute Gasteiger partial charge is 0.204 e. The monoisotopic (exact) mass is 1320 g/mol. The highest BCUT2D eigenvalue weighted by Gasteiger charge is 2.56. The summed E-state index contributed by atoms with van der Waals surface area (Å²) in [5, 5.41) is 0. The largest absolute Gasteiger partial charge is 0.485 e. The Labute approximate surface area is 588 Å². The van der Waals surface area contributed by atoms with E-state index in [0.717, 1.165) is 101 Å². The molecule has 12 aromatic carbocycles. The van der Waals surface area contributed by atoms with Crippen molar-refractivity contribution in [3.63, 3.8) is 0 Å². The van der Waals surface area contributed by atoms with Crippen LogP contribution in [0.25, 0.3) is 11.1 Å². The van der Waals surface area contributed by atoms with E-state index in [-0.39, 0.29) is 39.6 Å². The van der Waals surface area contributed by atoms with E-state index in [1.807, 2.05) is 96.7 Å². The van der Waals surface area contributed by atoms with E-state index in [4.69, 9.17) is 28.4 Å². The SMILES string of the molecule is CN(C)c1ccc(C2(c3ccc(N(C)C)cc3)SC(c3ccc(N(C)C)cc3)(c3ccc(N(C)C)cc3)c3cc(OCc4ccccc4)c(OCc4ccccc4)c(OCc4ccccc4)c3-c3c2cc(OCc2ccccc2)c(OCc2ccccc2)c3OCc2ccccc2)cc1. The zero-order valence-electron chi connectivity index (χ0n) is 57.6. The van der Waals surface area contributed by atoms with Gasteiger partial charge in [0.15, 0.2) is 23.0 Å². The van der Waals surface area contributed by atoms with E-state index in [2.05, 4.69) is 282 Å². The van der Waals surface area contributed by atoms with Crippen molar-refractivity contribution >= 4 is 34.5 Å². The molecule has 1 heterocycles. The highest BCUT2D eigenvalue weighted by atomic mass is 32.2. The molecule has 0 aliphatic carbocycles. The van der Waals surface area contributed by atoms with Crippen LogP contribution in [0.3, 0.4) is 0 Å². The molecule has 498 valence electrons. The predicted molar refractivity (Wildman–Crippen MR) is 407 cm³/mol. The minimum atomic E-state index is -1.23. The molecular weight excluding hydrogens is 1240 g/mol. The van der Waals surface area contributed by atoms with Crippen LogP contribution in [0.4, 0.5) is 22.7 Å². The molecule has 0 radical (unpaired) electrons. The summed E-state index contributed by atoms with van der Waals surface area (Å²) < 4.78 is 43.4. The highest BCUT2D eigenvalue weighted by Crippen LogP contribution is 2.71. The maximum Gasteiger partial charge on any atom is 0.204 e. The summed E-state index contributed by atoms with van der Waals surface area (Å²) in [6.07, 6.45) is 0. The van der Waals surface area contributed by atoms with E-state index in [0.29, 0.717) is 34.5 Å². The van der Waals surface area contributed by atoms with Crippen LogP contribution in [0, 0.1) is 0 Å². The molecule has 13 rings (SSSR count). The van der Waals surface area contributed by atoms with E-state index in [1.165, 1.54) is 0 Å². The molecule has 0 spiro atoms. The van der Waals surface area contributed by atoms with Crippen molar-refractivity contribution < 1.29 is 28.4 Å². The molecule has 1 aliphatic rings. The van der Waals surface area contributed by atoms with Gasteiger partial charge in [-0.15, -0.1) is 11.8 Å². The molecule has 0 fully saturated rings. The van der Waals surface area contributed by atoms with Crippen LogP contribution in [-0.2, 0) is 49.1 Å². The summed E-state index contributed by atoms with van der Waals surface area (Å²) in [6, 6.07) is 103. The first-order valence-corrected chi connectivity index (χ1v) is 34.4. The summed E-state index contributed by atoms with van der Waals surface area (Å²) >= 11 is 1.87. The summed E-state index contributed by atoms with van der Waals surface area (Å²) in [7, 11) is 16.7. The Morgan fingerprint density at radius 1 is 0.242 bits per heavy atom. The maximum absolute atomic E-state index is 7.90. The first-order chi connectivity index (χ1) is 48.4. The molecule has 0 saturated heterocycles. The lowest BCUT2D eigenvalue weighted by Gasteiger charge is -2.44. The van der Waals surface area contributed by atoms with Crippen molar-refractivity contribution in [1.82, 2.24) is 0 Å². The van der Waals surface area contributed by atoms with Crippen molar-refractivity contribution in [2.75, 3.05) is 76.0 Å². The zero-order valence-corrected chi connectivity index (χ0v) is 58.4. The van der Waals surface area contributed by atoms with Gasteiger partial charge < -0.3 is 48.0 Å². The minimum Gasteiger partial charge on any atom is -0.485 e. The number of hydrogen-bond donors (Lipinski definition) is 0. The second kappa shape index (κ2) is 30.2. The number of benzene rings is 12. The van der Waals surface area contributed by atoms with Gasteiger partial charge in [0.2, 0.25) is 11.5 Å². The van der Waals surface area contributed by atoms with Gasteiger partial charge in [0.05, 0.1) is 9.49 Å². The molecular formula is C88H84N4O6S. The topological polar surface area (TPSA) is 68.3 Å². The molecule has 11 heteroatoms. The Morgan fingerprint density at radius 2 is 0.444 bits per heavy atom. The van der Waals surface area contributed by atoms with Crippen LogP contribution < -0.4 is 48.0 Å². The predicted octanol–water partition coefficient (Wildman–Crippen LogP) is 19.4. The van der Waals surface area contributed by atoms with E-state index in [1.54, 1.807) is 0 Å². The first-order valence-electron chi connectivity index (χ1n) is 33.6. The molecule has 10 nitrogen and oxygen atoms in total. The lowest BCUT2D eigenvalue weighted by molar-refractivity contribution is 0.228. The van der Waals surface area contributed by atoms with Gasteiger partial charge in [-0.05, 0) is 127 Å². The van der Waals surface area contributed by atoms with Gasteiger partial charge in [0.1, 0.15) is 39.6 Å². The van der Waals surface area contributed by atoms with E-state index in [9.17, 15) is 0 Å². The Bertz CT molecular complexity index is 4200. The molecule has 0 N–H and O–H groups in total. The van der Waals surface area contributed by atoms with Crippen LogP contribution in [0.5, 0.6) is 34.5 Å². The van der Waals surface area contributed by atoms with Gasteiger partial charge in [0.25, 0.3) is 0 Å². The van der Waals surface area contributed by atoms with Crippen molar-refractivity contribution in [3.05, 3.63) is 358 Å². The van der Waals surface area contributed by atoms with Gasteiger partial charge in [-0.1, -0.05) is 231 Å². The summed E-state index contributed by atoms with van der Waals surface area (Å²) in [5.74, 6) is 2.73. The van der Waals surface area contributed by atoms with Gasteiger partial charge in [-0.2, -0.15) is 0 Å². The maximum atomic E-state index is 7.90. The minimum absolute atomic E-state index is 0.153. The van der Waals surface area contributed by atoms with Crippen LogP contribution in [-0.4, -0.2) is 56.4 Å². The number of hydrogen-bond acceptors (Lipinski definition) is 11. The van der Waals surface area contributed by atoms with E-state index < -0.39 is 9.49 Å². The van der Waals surface area contributed by atoms with Crippen molar-refractivity contribution in [2.45, 2.75) is 49.1 Å². The fourth-order valence-electron chi connectivity index (χ4n) is 12.9. The van der Waals surface area contributed by atoms with Crippen LogP contribution in [0.2, 0.25) is 0 Å². The molecule has 99 heavy (non-hydrogen) atoms. The first kappa shape index (κ1) is 66.6. The molecule has 0 amide bonds. The van der Waals surface area contributed by atoms with Gasteiger partial charge in [-0.3, -0.25) is 0 Å². The fraction of sp³-hybridized carbons (Fsp3) is 0.182. The second-order valence-electron chi connectivity index (χ2n) is 25.8. The molecule has 0 bridgehead atoms. The molecule has 0 atom stereocenters. The van der Waals surface area contributed by atoms with Crippen LogP contribution in [0.15, 0.2) is 291 Å². The third-order valence-electron chi connectivity index (χ3n) is 18.3. The summed E-state index contributed by atoms with van der Waals surface area (Å²) in [5.41, 5.74) is 17.1. The second-order valence-corrected chi connectivity index (χ2v) is 27.2. The average molecular weight is 1330 g/mol. The standard InChI is InChI=1S/C88H84N4O6S/c1-89(2)73-47-39-69(40-48-73)87(70-41-49-74(50-42-70)90(3)4)77-55-79(93-57-63-27-15-9-16-28-63)83(95-59-65-31-19-11-20-32-65)85(97-61-67-35-23-13-24-36-67)81(77)82-78(88(99-87,71-43-51-75(52-44-71)91(5)6)72-45-53-76(54-46-72)92(7)8)56-80(94-58-64-29-17-10-18-30-64)84(96-60-66-33-21-12-22-34-66)86(82)98-62-68-37-25-14-26-38-68/h9-56H,57-62H2,1-8H3. The summed E-state index contributed by atoms with van der Waals surface area (Å²) in [6.45, 7) is 1.11. The van der Waals surface area contributed by atoms with Crippen molar-refractivity contribution in [3.8, 4) is 45.6 Å². The zero-order chi connectivity index (χ0) is 68.3. The van der Waals surface area contributed by atoms with Crippen molar-refractivity contribution in [1.29, 1.82) is 0 Å². The number of rotatable bonds is 26. The van der Waals surface area contributed by atoms with Gasteiger partial charge in [0, 0.05) is 90.3 Å². The molecule has 0 saturated carbocycles.